The van der Waals surface area contributed by atoms with Crippen LogP contribution in [0.2, 0.25) is 0 Å². The fourth-order valence-electron chi connectivity index (χ4n) is 7.44. The lowest BCUT2D eigenvalue weighted by molar-refractivity contribution is -0.143. The number of carbonyl (C=O) groups is 2. The highest BCUT2D eigenvalue weighted by molar-refractivity contribution is 5.76. The van der Waals surface area contributed by atoms with Crippen LogP contribution in [0.3, 0.4) is 0 Å². The topological polar surface area (TPSA) is 95.9 Å². The van der Waals surface area contributed by atoms with Crippen LogP contribution in [0.4, 0.5) is 0 Å². The maximum atomic E-state index is 12.4. The number of aliphatic hydroxyl groups excluding tert-OH is 2. The Kier molecular flexibility index (Phi) is 44.7. The predicted molar refractivity (Wildman–Crippen MR) is 241 cm³/mol. The SMILES string of the molecule is CCC/C=C\C/C=C\CCCCCCCC(=O)OCCCCCCCCCCCCCCCCCCC(=O)NC(CO)C(O)CCCCCCCCCCCC. The summed E-state index contributed by atoms with van der Waals surface area (Å²) in [5.74, 6) is -0.0572. The number of rotatable bonds is 45. The van der Waals surface area contributed by atoms with Crippen LogP contribution in [0.5, 0.6) is 0 Å². The molecular weight excluding hydrogens is 695 g/mol. The zero-order valence-corrected chi connectivity index (χ0v) is 37.4. The van der Waals surface area contributed by atoms with E-state index in [1.165, 1.54) is 167 Å². The van der Waals surface area contributed by atoms with Gasteiger partial charge in [-0.2, -0.15) is 0 Å². The van der Waals surface area contributed by atoms with Gasteiger partial charge in [-0.05, 0) is 51.4 Å². The molecule has 0 spiro atoms. The number of amides is 1. The van der Waals surface area contributed by atoms with Crippen LogP contribution in [-0.4, -0.2) is 47.4 Å². The zero-order chi connectivity index (χ0) is 40.8. The molecule has 6 heteroatoms. The highest BCUT2D eigenvalue weighted by Crippen LogP contribution is 2.16. The largest absolute Gasteiger partial charge is 0.466 e. The summed E-state index contributed by atoms with van der Waals surface area (Å²) in [4.78, 5) is 24.4. The van der Waals surface area contributed by atoms with E-state index in [0.717, 1.165) is 57.8 Å². The molecule has 3 N–H and O–H groups in total. The average molecular weight is 790 g/mol. The van der Waals surface area contributed by atoms with E-state index in [4.69, 9.17) is 4.74 Å². The van der Waals surface area contributed by atoms with Crippen LogP contribution in [-0.2, 0) is 14.3 Å². The first-order chi connectivity index (χ1) is 27.5. The first kappa shape index (κ1) is 54.3. The third-order valence-electron chi connectivity index (χ3n) is 11.2. The predicted octanol–water partition coefficient (Wildman–Crippen LogP) is 14.3. The van der Waals surface area contributed by atoms with E-state index in [1.807, 2.05) is 0 Å². The molecule has 2 unspecified atom stereocenters. The normalized spacial score (nSPS) is 12.9. The highest BCUT2D eigenvalue weighted by atomic mass is 16.5. The van der Waals surface area contributed by atoms with Crippen molar-refractivity contribution in [3.8, 4) is 0 Å². The monoisotopic (exact) mass is 790 g/mol. The van der Waals surface area contributed by atoms with Crippen molar-refractivity contribution in [2.45, 2.75) is 270 Å². The Bertz CT molecular complexity index is 874. The van der Waals surface area contributed by atoms with Gasteiger partial charge in [0.1, 0.15) is 0 Å². The van der Waals surface area contributed by atoms with Gasteiger partial charge in [0, 0.05) is 12.8 Å². The summed E-state index contributed by atoms with van der Waals surface area (Å²) in [6.07, 6.45) is 52.8. The van der Waals surface area contributed by atoms with Crippen LogP contribution >= 0.6 is 0 Å². The first-order valence-electron chi connectivity index (χ1n) is 24.6. The molecule has 0 fully saturated rings. The molecule has 2 atom stereocenters. The Balaban J connectivity index is 3.42. The molecule has 1 amide bonds. The molecule has 0 saturated carbocycles. The Morgan fingerprint density at radius 2 is 0.929 bits per heavy atom. The molecule has 0 aromatic carbocycles. The maximum Gasteiger partial charge on any atom is 0.305 e. The molecule has 0 aliphatic heterocycles. The molecule has 6 nitrogen and oxygen atoms in total. The van der Waals surface area contributed by atoms with Crippen molar-refractivity contribution in [2.75, 3.05) is 13.2 Å². The van der Waals surface area contributed by atoms with E-state index in [0.29, 0.717) is 25.9 Å². The fraction of sp³-hybridized carbons (Fsp3) is 0.880. The standard InChI is InChI=1S/C50H95NO5/c1-3-5-7-9-11-13-15-20-24-28-32-36-40-44-50(55)56-45-41-37-33-29-25-22-19-17-16-18-21-23-27-31-35-39-43-49(54)51-47(46-52)48(53)42-38-34-30-26-14-12-10-8-6-4-2/h7,9,13,15,47-48,52-53H,3-6,8,10-12,14,16-46H2,1-2H3,(H,51,54)/b9-7-,15-13-. The van der Waals surface area contributed by atoms with Gasteiger partial charge >= 0.3 is 5.97 Å². The lowest BCUT2D eigenvalue weighted by Crippen LogP contribution is -2.45. The van der Waals surface area contributed by atoms with Gasteiger partial charge in [0.2, 0.25) is 5.91 Å². The van der Waals surface area contributed by atoms with E-state index in [1.54, 1.807) is 0 Å². The second kappa shape index (κ2) is 46.0. The number of allylic oxidation sites excluding steroid dienone is 4. The molecule has 0 aliphatic rings. The zero-order valence-electron chi connectivity index (χ0n) is 37.4. The second-order valence-corrected chi connectivity index (χ2v) is 16.8. The van der Waals surface area contributed by atoms with Crippen molar-refractivity contribution in [1.82, 2.24) is 5.32 Å². The van der Waals surface area contributed by atoms with Gasteiger partial charge in [-0.15, -0.1) is 0 Å². The third-order valence-corrected chi connectivity index (χ3v) is 11.2. The van der Waals surface area contributed by atoms with Gasteiger partial charge in [0.15, 0.2) is 0 Å². The molecule has 330 valence electrons. The van der Waals surface area contributed by atoms with Crippen LogP contribution in [0, 0.1) is 0 Å². The highest BCUT2D eigenvalue weighted by Gasteiger charge is 2.20. The van der Waals surface area contributed by atoms with E-state index in [9.17, 15) is 19.8 Å². The fourth-order valence-corrected chi connectivity index (χ4v) is 7.44. The summed E-state index contributed by atoms with van der Waals surface area (Å²) in [5, 5.41) is 23.1. The van der Waals surface area contributed by atoms with Crippen molar-refractivity contribution in [3.63, 3.8) is 0 Å². The van der Waals surface area contributed by atoms with Crippen LogP contribution in [0.15, 0.2) is 24.3 Å². The van der Waals surface area contributed by atoms with E-state index in [-0.39, 0.29) is 18.5 Å². The summed E-state index contributed by atoms with van der Waals surface area (Å²) in [6.45, 7) is 4.85. The molecule has 0 saturated heterocycles. The van der Waals surface area contributed by atoms with Gasteiger partial charge in [0.05, 0.1) is 25.4 Å². The minimum absolute atomic E-state index is 0.0127. The molecule has 0 aromatic rings. The lowest BCUT2D eigenvalue weighted by Gasteiger charge is -2.22. The molecule has 0 heterocycles. The molecule has 0 rings (SSSR count). The Morgan fingerprint density at radius 3 is 1.43 bits per heavy atom. The third kappa shape index (κ3) is 42.0. The van der Waals surface area contributed by atoms with E-state index in [2.05, 4.69) is 43.5 Å². The maximum absolute atomic E-state index is 12.4. The van der Waals surface area contributed by atoms with Crippen LogP contribution in [0.25, 0.3) is 0 Å². The number of hydrogen-bond acceptors (Lipinski definition) is 5. The quantitative estimate of drug-likeness (QED) is 0.0324. The number of nitrogens with one attached hydrogen (secondary N) is 1. The second-order valence-electron chi connectivity index (χ2n) is 16.8. The van der Waals surface area contributed by atoms with Gasteiger partial charge in [-0.1, -0.05) is 218 Å². The number of unbranched alkanes of at least 4 members (excludes halogenated alkanes) is 30. The van der Waals surface area contributed by atoms with Crippen molar-refractivity contribution >= 4 is 11.9 Å². The number of carbonyl (C=O) groups excluding carboxylic acids is 2. The number of aliphatic hydroxyl groups is 2. The number of hydrogen-bond donors (Lipinski definition) is 3. The molecule has 0 aromatic heterocycles. The molecular formula is C50H95NO5. The Morgan fingerprint density at radius 1 is 0.500 bits per heavy atom. The summed E-state index contributed by atoms with van der Waals surface area (Å²) >= 11 is 0. The summed E-state index contributed by atoms with van der Waals surface area (Å²) < 4.78 is 5.45. The molecule has 56 heavy (non-hydrogen) atoms. The molecule has 0 aliphatic carbocycles. The average Bonchev–Trinajstić information content (AvgIpc) is 3.20. The van der Waals surface area contributed by atoms with Crippen molar-refractivity contribution in [1.29, 1.82) is 0 Å². The molecule has 0 radical (unpaired) electrons. The molecule has 0 bridgehead atoms. The van der Waals surface area contributed by atoms with Gasteiger partial charge in [0.25, 0.3) is 0 Å². The van der Waals surface area contributed by atoms with Crippen molar-refractivity contribution < 1.29 is 24.5 Å². The summed E-state index contributed by atoms with van der Waals surface area (Å²) in [5.41, 5.74) is 0. The Hall–Kier alpha value is -1.66. The van der Waals surface area contributed by atoms with Gasteiger partial charge in [-0.25, -0.2) is 0 Å². The van der Waals surface area contributed by atoms with Gasteiger partial charge < -0.3 is 20.3 Å². The van der Waals surface area contributed by atoms with Crippen LogP contribution < -0.4 is 5.32 Å². The van der Waals surface area contributed by atoms with E-state index < -0.39 is 12.1 Å². The van der Waals surface area contributed by atoms with E-state index >= 15 is 0 Å². The lowest BCUT2D eigenvalue weighted by atomic mass is 10.0. The smallest absolute Gasteiger partial charge is 0.305 e. The summed E-state index contributed by atoms with van der Waals surface area (Å²) in [7, 11) is 0. The Labute approximate surface area is 348 Å². The van der Waals surface area contributed by atoms with Gasteiger partial charge in [-0.3, -0.25) is 9.59 Å². The van der Waals surface area contributed by atoms with Crippen molar-refractivity contribution in [3.05, 3.63) is 24.3 Å². The van der Waals surface area contributed by atoms with Crippen molar-refractivity contribution in [2.24, 2.45) is 0 Å². The minimum atomic E-state index is -0.667. The number of ether oxygens (including phenoxy) is 1. The summed E-state index contributed by atoms with van der Waals surface area (Å²) in [6, 6.07) is -0.545. The minimum Gasteiger partial charge on any atom is -0.466 e. The van der Waals surface area contributed by atoms with Crippen LogP contribution in [0.1, 0.15) is 258 Å². The first-order valence-corrected chi connectivity index (χ1v) is 24.6. The number of esters is 1.